The van der Waals surface area contributed by atoms with Gasteiger partial charge in [0.25, 0.3) is 0 Å². The minimum Gasteiger partial charge on any atom is -0.481 e. The average molecular weight is 901 g/mol. The highest BCUT2D eigenvalue weighted by Crippen LogP contribution is 2.16. The largest absolute Gasteiger partial charge is 0.481 e. The molecule has 0 unspecified atom stereocenters. The van der Waals surface area contributed by atoms with Crippen molar-refractivity contribution in [1.29, 1.82) is 0 Å². The fourth-order valence-corrected chi connectivity index (χ4v) is 7.94. The molecule has 5 N–H and O–H groups in total. The number of carboxylic acid groups (broad SMARTS) is 3. The monoisotopic (exact) mass is 901 g/mol. The first-order chi connectivity index (χ1) is 29.3. The van der Waals surface area contributed by atoms with Crippen LogP contribution >= 0.6 is 0 Å². The van der Waals surface area contributed by atoms with Crippen molar-refractivity contribution in [3.8, 4) is 0 Å². The van der Waals surface area contributed by atoms with Crippen LogP contribution in [-0.2, 0) is 14.4 Å². The molecule has 0 bridgehead atoms. The summed E-state index contributed by atoms with van der Waals surface area (Å²) in [6.07, 6.45) is 60.6. The van der Waals surface area contributed by atoms with E-state index >= 15 is 0 Å². The molecule has 0 saturated carbocycles. The summed E-state index contributed by atoms with van der Waals surface area (Å²) >= 11 is 0. The van der Waals surface area contributed by atoms with Crippen molar-refractivity contribution in [3.05, 3.63) is 0 Å². The second kappa shape index (κ2) is 66.5. The molecule has 0 aliphatic carbocycles. The zero-order chi connectivity index (χ0) is 44.7. The van der Waals surface area contributed by atoms with Gasteiger partial charge >= 0.3 is 17.9 Å². The molecule has 0 radical (unpaired) electrons. The molecule has 0 aliphatic heterocycles. The lowest BCUT2D eigenvalue weighted by atomic mass is 10.0. The first kappa shape index (κ1) is 69.9. The summed E-state index contributed by atoms with van der Waals surface area (Å²) in [5, 5.41) is 25.6. The maximum absolute atomic E-state index is 10.3. The smallest absolute Gasteiger partial charge is 0.303 e. The van der Waals surface area contributed by atoms with Crippen molar-refractivity contribution < 1.29 is 35.2 Å². The Morgan fingerprint density at radius 1 is 0.226 bits per heavy atom. The second-order valence-electron chi connectivity index (χ2n) is 18.3. The van der Waals surface area contributed by atoms with Gasteiger partial charge in [0.2, 0.25) is 0 Å². The average Bonchev–Trinajstić information content (AvgIpc) is 3.22. The van der Waals surface area contributed by atoms with E-state index in [0.717, 1.165) is 38.5 Å². The molecule has 8 heteroatoms. The van der Waals surface area contributed by atoms with Crippen LogP contribution in [0.15, 0.2) is 0 Å². The Morgan fingerprint density at radius 2 is 0.323 bits per heavy atom. The molecule has 0 aromatic heterocycles. The third kappa shape index (κ3) is 79.3. The summed E-state index contributed by atoms with van der Waals surface area (Å²) in [6, 6.07) is 0. The van der Waals surface area contributed by atoms with E-state index < -0.39 is 17.9 Å². The summed E-state index contributed by atoms with van der Waals surface area (Å²) in [7, 11) is 0. The Balaban J connectivity index is -0.000000258. The van der Waals surface area contributed by atoms with Gasteiger partial charge in [0, 0.05) is 19.3 Å². The van der Waals surface area contributed by atoms with Crippen LogP contribution in [0.2, 0.25) is 0 Å². The van der Waals surface area contributed by atoms with Gasteiger partial charge in [0.15, 0.2) is 17.4 Å². The fourth-order valence-electron chi connectivity index (χ4n) is 7.94. The number of rotatable bonds is 48. The van der Waals surface area contributed by atoms with Gasteiger partial charge < -0.3 is 20.8 Å². The normalized spacial score (nSPS) is 10.5. The lowest BCUT2D eigenvalue weighted by molar-refractivity contribution is -0.138. The number of carbonyl (C=O) groups is 3. The van der Waals surface area contributed by atoms with Gasteiger partial charge in [-0.05, 0) is 19.3 Å². The first-order valence-electron chi connectivity index (χ1n) is 27.0. The number of aliphatic carboxylic acids is 3. The van der Waals surface area contributed by atoms with Crippen LogP contribution in [0.5, 0.6) is 0 Å². The molecule has 0 aliphatic rings. The summed E-state index contributed by atoms with van der Waals surface area (Å²) in [4.78, 5) is 31.0. The van der Waals surface area contributed by atoms with Crippen LogP contribution in [0, 0.1) is 0 Å². The Morgan fingerprint density at radius 3 is 0.419 bits per heavy atom. The molecular weight excluding hydrogens is 788 g/mol. The Labute approximate surface area is 397 Å². The van der Waals surface area contributed by atoms with E-state index in [4.69, 9.17) is 15.3 Å². The fraction of sp³-hybridized carbons (Fsp3) is 0.944. The van der Waals surface area contributed by atoms with Gasteiger partial charge in [-0.3, -0.25) is 14.4 Å². The van der Waals surface area contributed by atoms with Crippen LogP contribution in [0.4, 0.5) is 0 Å². The summed E-state index contributed by atoms with van der Waals surface area (Å²) in [5.41, 5.74) is 0. The molecule has 62 heavy (non-hydrogen) atoms. The minimum absolute atomic E-state index is 0. The zero-order valence-corrected chi connectivity index (χ0v) is 41.5. The minimum atomic E-state index is -0.653. The Bertz CT molecular complexity index is 720. The van der Waals surface area contributed by atoms with Gasteiger partial charge in [0.05, 0.1) is 0 Å². The highest BCUT2D eigenvalue weighted by Gasteiger charge is 2.00. The van der Waals surface area contributed by atoms with E-state index in [1.54, 1.807) is 0 Å². The van der Waals surface area contributed by atoms with E-state index in [0.29, 0.717) is 19.3 Å². The van der Waals surface area contributed by atoms with Crippen molar-refractivity contribution in [2.45, 2.75) is 329 Å². The number of hydrogen-bond donors (Lipinski definition) is 3. The molecule has 0 spiro atoms. The van der Waals surface area contributed by atoms with Gasteiger partial charge in [-0.25, -0.2) is 0 Å². The molecule has 0 atom stereocenters. The highest BCUT2D eigenvalue weighted by molar-refractivity contribution is 5.75. The third-order valence-corrected chi connectivity index (χ3v) is 12.0. The lowest BCUT2D eigenvalue weighted by Crippen LogP contribution is -1.93. The standard InChI is InChI=1S/3C18H36O2.Al.H2O.3H/c3*1-2-3-4-5-6-7-8-9-10-11-12-13-14-15-16-17-18(19)20;;;;;/h3*2-17H2,1H3,(H,19,20);;1H2;;;. The molecule has 0 heterocycles. The summed E-state index contributed by atoms with van der Waals surface area (Å²) in [5.74, 6) is -1.96. The van der Waals surface area contributed by atoms with Gasteiger partial charge in [-0.15, -0.1) is 0 Å². The maximum Gasteiger partial charge on any atom is 0.303 e. The molecular formula is C54H113AlO7. The molecule has 374 valence electrons. The highest BCUT2D eigenvalue weighted by atomic mass is 27.0. The quantitative estimate of drug-likeness (QED) is 0.0410. The molecule has 0 saturated heterocycles. The van der Waals surface area contributed by atoms with Gasteiger partial charge in [-0.2, -0.15) is 0 Å². The molecule has 0 rings (SSSR count). The molecule has 0 amide bonds. The van der Waals surface area contributed by atoms with Crippen LogP contribution in [0.25, 0.3) is 0 Å². The van der Waals surface area contributed by atoms with Crippen LogP contribution in [0.3, 0.4) is 0 Å². The van der Waals surface area contributed by atoms with Crippen molar-refractivity contribution in [2.24, 2.45) is 0 Å². The summed E-state index contributed by atoms with van der Waals surface area (Å²) < 4.78 is 0. The van der Waals surface area contributed by atoms with Crippen LogP contribution < -0.4 is 0 Å². The second-order valence-corrected chi connectivity index (χ2v) is 18.3. The number of carboxylic acids is 3. The van der Waals surface area contributed by atoms with E-state index in [9.17, 15) is 14.4 Å². The predicted molar refractivity (Wildman–Crippen MR) is 275 cm³/mol. The van der Waals surface area contributed by atoms with Gasteiger partial charge in [0.1, 0.15) is 0 Å². The first-order valence-corrected chi connectivity index (χ1v) is 27.0. The Kier molecular flexibility index (Phi) is 75.0. The van der Waals surface area contributed by atoms with E-state index in [-0.39, 0.29) is 22.8 Å². The SMILES string of the molecule is CCCCCCCCCCCCCCCCCC(=O)O.CCCCCCCCCCCCCCCCCC(=O)O.CCCCCCCCCCCCCCCCCC(=O)O.O.[AlH3]. The molecule has 0 aromatic carbocycles. The van der Waals surface area contributed by atoms with Crippen LogP contribution in [0.1, 0.15) is 329 Å². The molecule has 0 fully saturated rings. The third-order valence-electron chi connectivity index (χ3n) is 12.0. The van der Waals surface area contributed by atoms with E-state index in [1.807, 2.05) is 0 Å². The van der Waals surface area contributed by atoms with Crippen LogP contribution in [-0.4, -0.2) is 56.1 Å². The van der Waals surface area contributed by atoms with Crippen molar-refractivity contribution in [3.63, 3.8) is 0 Å². The van der Waals surface area contributed by atoms with Gasteiger partial charge in [-0.1, -0.05) is 290 Å². The molecule has 0 aromatic rings. The van der Waals surface area contributed by atoms with Crippen molar-refractivity contribution in [2.75, 3.05) is 0 Å². The maximum atomic E-state index is 10.3. The number of unbranched alkanes of at least 4 members (excludes halogenated alkanes) is 42. The van der Waals surface area contributed by atoms with E-state index in [2.05, 4.69) is 20.8 Å². The lowest BCUT2D eigenvalue weighted by Gasteiger charge is -2.03. The van der Waals surface area contributed by atoms with Crippen molar-refractivity contribution in [1.82, 2.24) is 0 Å². The Hall–Kier alpha value is -1.10. The number of hydrogen-bond acceptors (Lipinski definition) is 3. The molecule has 7 nitrogen and oxygen atoms in total. The zero-order valence-electron chi connectivity index (χ0n) is 41.5. The predicted octanol–water partition coefficient (Wildman–Crippen LogP) is 17.0. The van der Waals surface area contributed by atoms with E-state index in [1.165, 1.54) is 250 Å². The summed E-state index contributed by atoms with van der Waals surface area (Å²) in [6.45, 7) is 6.81. The van der Waals surface area contributed by atoms with Crippen molar-refractivity contribution >= 4 is 35.3 Å². The topological polar surface area (TPSA) is 143 Å².